The Morgan fingerprint density at radius 3 is 2.50 bits per heavy atom. The first-order valence-corrected chi connectivity index (χ1v) is 5.31. The van der Waals surface area contributed by atoms with E-state index in [0.29, 0.717) is 0 Å². The van der Waals surface area contributed by atoms with E-state index in [1.54, 1.807) is 0 Å². The molecule has 0 amide bonds. The second kappa shape index (κ2) is 4.01. The van der Waals surface area contributed by atoms with Crippen LogP contribution in [-0.4, -0.2) is 22.3 Å². The van der Waals surface area contributed by atoms with Gasteiger partial charge in [0.15, 0.2) is 0 Å². The summed E-state index contributed by atoms with van der Waals surface area (Å²) < 4.78 is 1.28. The summed E-state index contributed by atoms with van der Waals surface area (Å²) in [6, 6.07) is 10.7. The van der Waals surface area contributed by atoms with E-state index in [1.807, 2.05) is 22.3 Å². The van der Waals surface area contributed by atoms with Gasteiger partial charge in [0.1, 0.15) is 0 Å². The van der Waals surface area contributed by atoms with Crippen LogP contribution in [-0.2, 0) is 0 Å². The third kappa shape index (κ3) is 2.01. The normalized spacial score (nSPS) is 13.0. The predicted octanol–water partition coefficient (Wildman–Crippen LogP) is 2.22. The molecule has 1 atom stereocenters. The van der Waals surface area contributed by atoms with Crippen LogP contribution in [0, 0.1) is 0 Å². The summed E-state index contributed by atoms with van der Waals surface area (Å²) in [6.45, 7) is 2.27. The van der Waals surface area contributed by atoms with E-state index < -0.39 is 0 Å². The van der Waals surface area contributed by atoms with E-state index in [2.05, 4.69) is 37.3 Å². The van der Waals surface area contributed by atoms with Gasteiger partial charge in [-0.1, -0.05) is 0 Å². The Morgan fingerprint density at radius 1 is 1.40 bits per heavy atom. The zero-order chi connectivity index (χ0) is 7.40. The Labute approximate surface area is 77.0 Å². The Balaban J connectivity index is 0.000001000. The summed E-state index contributed by atoms with van der Waals surface area (Å²) in [5.41, 5.74) is 1.46. The fourth-order valence-corrected chi connectivity index (χ4v) is 1.49. The monoisotopic (exact) mass is 251 g/mol. The Kier molecular flexibility index (Phi) is 3.25. The molecule has 0 saturated carbocycles. The first-order valence-electron chi connectivity index (χ1n) is 3.50. The summed E-state index contributed by atoms with van der Waals surface area (Å²) in [6.07, 6.45) is 0. The van der Waals surface area contributed by atoms with Crippen molar-refractivity contribution in [3.63, 3.8) is 0 Å². The second-order valence-electron chi connectivity index (χ2n) is 2.49. The third-order valence-electron chi connectivity index (χ3n) is 1.64. The smallest absolute Gasteiger partial charge is 1.00 e. The van der Waals surface area contributed by atoms with Gasteiger partial charge >= 0.3 is 76.9 Å². The van der Waals surface area contributed by atoms with Crippen molar-refractivity contribution in [2.45, 2.75) is 17.3 Å². The molecule has 0 saturated heterocycles. The van der Waals surface area contributed by atoms with Crippen LogP contribution in [0.1, 0.15) is 19.8 Å². The van der Waals surface area contributed by atoms with E-state index >= 15 is 0 Å². The predicted molar refractivity (Wildman–Crippen MR) is 47.9 cm³/mol. The van der Waals surface area contributed by atoms with Crippen LogP contribution in [0.2, 0.25) is 4.47 Å². The minimum absolute atomic E-state index is 0. The van der Waals surface area contributed by atoms with Gasteiger partial charge in [0, 0.05) is 0 Å². The molecule has 0 bridgehead atoms. The maximum Gasteiger partial charge on any atom is 1.00 e. The zero-order valence-electron chi connectivity index (χ0n) is 7.12. The SMILES string of the molecule is CC(C[TeH])c1ccccc1.[H+]. The number of rotatable bonds is 2. The molecule has 1 rings (SSSR count). The third-order valence-corrected chi connectivity index (χ3v) is 3.21. The first-order chi connectivity index (χ1) is 4.84. The van der Waals surface area contributed by atoms with E-state index in [4.69, 9.17) is 0 Å². The topological polar surface area (TPSA) is 0 Å². The molecule has 0 N–H and O–H groups in total. The molecule has 0 heterocycles. The molecule has 54 valence electrons. The summed E-state index contributed by atoms with van der Waals surface area (Å²) in [7, 11) is 0. The van der Waals surface area contributed by atoms with Gasteiger partial charge in [-0.2, -0.15) is 0 Å². The maximum atomic E-state index is 2.27. The molecule has 0 radical (unpaired) electrons. The molecule has 0 aromatic heterocycles. The van der Waals surface area contributed by atoms with E-state index in [0.717, 1.165) is 5.92 Å². The minimum Gasteiger partial charge on any atom is 1.00 e. The summed E-state index contributed by atoms with van der Waals surface area (Å²) in [4.78, 5) is 0. The second-order valence-corrected chi connectivity index (χ2v) is 3.54. The molecule has 0 aliphatic carbocycles. The van der Waals surface area contributed by atoms with Crippen molar-refractivity contribution in [3.05, 3.63) is 35.9 Å². The molecule has 0 aliphatic heterocycles. The molecule has 1 aromatic rings. The van der Waals surface area contributed by atoms with Crippen molar-refractivity contribution in [3.8, 4) is 0 Å². The van der Waals surface area contributed by atoms with Gasteiger partial charge in [-0.05, 0) is 0 Å². The Morgan fingerprint density at radius 2 is 2.00 bits per heavy atom. The van der Waals surface area contributed by atoms with Gasteiger partial charge in [-0.3, -0.25) is 0 Å². The molecule has 0 fully saturated rings. The first kappa shape index (κ1) is 8.11. The van der Waals surface area contributed by atoms with Crippen molar-refractivity contribution < 1.29 is 1.43 Å². The van der Waals surface area contributed by atoms with E-state index in [1.165, 1.54) is 10.0 Å². The van der Waals surface area contributed by atoms with Crippen LogP contribution in [0.5, 0.6) is 0 Å². The number of hydrogen-bond acceptors (Lipinski definition) is 0. The molecule has 1 unspecified atom stereocenters. The van der Waals surface area contributed by atoms with Crippen molar-refractivity contribution in [1.29, 1.82) is 0 Å². The standard InChI is InChI=1S/C9H12Te/c1-8(7-10)9-5-3-2-4-6-9/h2-6,8,10H,7H2,1H3/p+1. The average Bonchev–Trinajstić information content (AvgIpc) is 2.05. The Bertz CT molecular complexity index is 186. The zero-order valence-corrected chi connectivity index (χ0v) is 8.67. The van der Waals surface area contributed by atoms with Crippen molar-refractivity contribution in [2.75, 3.05) is 0 Å². The van der Waals surface area contributed by atoms with Crippen LogP contribution in [0.15, 0.2) is 30.3 Å². The quantitative estimate of drug-likeness (QED) is 0.705. The maximum absolute atomic E-state index is 2.27. The van der Waals surface area contributed by atoms with Crippen LogP contribution in [0.3, 0.4) is 0 Å². The molecule has 10 heavy (non-hydrogen) atoms. The average molecular weight is 249 g/mol. The van der Waals surface area contributed by atoms with Gasteiger partial charge in [0.05, 0.1) is 0 Å². The van der Waals surface area contributed by atoms with Crippen molar-refractivity contribution in [1.82, 2.24) is 0 Å². The fraction of sp³-hybridized carbons (Fsp3) is 0.333. The Hall–Kier alpha value is 0.00961. The fourth-order valence-electron chi connectivity index (χ4n) is 0.887. The van der Waals surface area contributed by atoms with Gasteiger partial charge in [0.2, 0.25) is 0 Å². The van der Waals surface area contributed by atoms with Crippen LogP contribution < -0.4 is 0 Å². The van der Waals surface area contributed by atoms with Gasteiger partial charge in [-0.15, -0.1) is 0 Å². The molecular weight excluding hydrogens is 236 g/mol. The summed E-state index contributed by atoms with van der Waals surface area (Å²) >= 11 is 1.89. The van der Waals surface area contributed by atoms with Crippen molar-refractivity contribution >= 4 is 22.3 Å². The number of hydrogen-bond donors (Lipinski definition) is 0. The summed E-state index contributed by atoms with van der Waals surface area (Å²) in [5, 5.41) is 0. The van der Waals surface area contributed by atoms with Crippen LogP contribution >= 0.6 is 0 Å². The van der Waals surface area contributed by atoms with E-state index in [9.17, 15) is 0 Å². The van der Waals surface area contributed by atoms with Crippen molar-refractivity contribution in [2.24, 2.45) is 0 Å². The van der Waals surface area contributed by atoms with Gasteiger partial charge in [-0.25, -0.2) is 0 Å². The largest absolute Gasteiger partial charge is 1.00 e. The molecule has 0 spiro atoms. The van der Waals surface area contributed by atoms with E-state index in [-0.39, 0.29) is 1.43 Å². The van der Waals surface area contributed by atoms with Crippen LogP contribution in [0.4, 0.5) is 0 Å². The van der Waals surface area contributed by atoms with Gasteiger partial charge < -0.3 is 0 Å². The summed E-state index contributed by atoms with van der Waals surface area (Å²) in [5.74, 6) is 0.732. The number of benzene rings is 1. The van der Waals surface area contributed by atoms with Crippen LogP contribution in [0.25, 0.3) is 0 Å². The molecular formula is C9H13Te+. The molecule has 0 nitrogen and oxygen atoms in total. The molecule has 0 aliphatic rings. The van der Waals surface area contributed by atoms with Gasteiger partial charge in [0.25, 0.3) is 0 Å². The molecule has 1 aromatic carbocycles. The minimum atomic E-state index is 0. The molecule has 1 heteroatoms.